The van der Waals surface area contributed by atoms with Gasteiger partial charge in [0.25, 0.3) is 10.0 Å². The molecule has 0 unspecified atom stereocenters. The normalized spacial score (nSPS) is 16.4. The summed E-state index contributed by atoms with van der Waals surface area (Å²) in [7, 11) is -4.03. The number of nitrogens with one attached hydrogen (secondary N) is 1. The monoisotopic (exact) mass is 558 g/mol. The molecule has 1 aliphatic rings. The Morgan fingerprint density at radius 1 is 1.03 bits per heavy atom. The number of nitrogens with zero attached hydrogens (tertiary/aromatic N) is 1. The highest BCUT2D eigenvalue weighted by atomic mass is 32.2. The van der Waals surface area contributed by atoms with Crippen LogP contribution in [0.15, 0.2) is 88.4 Å². The van der Waals surface area contributed by atoms with Crippen LogP contribution in [0, 0.1) is 0 Å². The van der Waals surface area contributed by atoms with Crippen molar-refractivity contribution in [1.29, 1.82) is 0 Å². The molecule has 1 saturated heterocycles. The van der Waals surface area contributed by atoms with Gasteiger partial charge >= 0.3 is 6.18 Å². The van der Waals surface area contributed by atoms with Crippen LogP contribution >= 0.6 is 0 Å². The number of ether oxygens (including phenoxy) is 1. The molecule has 1 aromatic heterocycles. The lowest BCUT2D eigenvalue weighted by Gasteiger charge is -2.22. The number of amides is 1. The maximum atomic E-state index is 13.3. The second-order valence-electron chi connectivity index (χ2n) is 9.19. The van der Waals surface area contributed by atoms with E-state index in [0.717, 1.165) is 10.4 Å². The van der Waals surface area contributed by atoms with Gasteiger partial charge in [0, 0.05) is 30.1 Å². The van der Waals surface area contributed by atoms with E-state index < -0.39 is 33.7 Å². The lowest BCUT2D eigenvalue weighted by Crippen LogP contribution is -2.45. The van der Waals surface area contributed by atoms with Crippen LogP contribution in [0.4, 0.5) is 13.2 Å². The third-order valence-corrected chi connectivity index (χ3v) is 8.32. The van der Waals surface area contributed by atoms with E-state index in [1.54, 1.807) is 48.5 Å². The second-order valence-corrected chi connectivity index (χ2v) is 11.0. The fourth-order valence-corrected chi connectivity index (χ4v) is 6.23. The van der Waals surface area contributed by atoms with Gasteiger partial charge < -0.3 is 14.5 Å². The predicted octanol–water partition coefficient (Wildman–Crippen LogP) is 5.50. The zero-order valence-corrected chi connectivity index (χ0v) is 21.5. The van der Waals surface area contributed by atoms with Crippen molar-refractivity contribution in [1.82, 2.24) is 9.62 Å². The summed E-state index contributed by atoms with van der Waals surface area (Å²) in [4.78, 5) is 13.0. The first kappa shape index (κ1) is 26.8. The number of para-hydroxylation sites is 1. The Morgan fingerprint density at radius 3 is 2.59 bits per heavy atom. The molecule has 11 heteroatoms. The van der Waals surface area contributed by atoms with Gasteiger partial charge in [-0.25, -0.2) is 8.42 Å². The van der Waals surface area contributed by atoms with Gasteiger partial charge in [-0.1, -0.05) is 48.5 Å². The molecule has 1 atom stereocenters. The summed E-state index contributed by atoms with van der Waals surface area (Å²) in [6, 6.07) is 19.3. The van der Waals surface area contributed by atoms with Crippen LogP contribution in [-0.4, -0.2) is 31.2 Å². The van der Waals surface area contributed by atoms with E-state index in [0.29, 0.717) is 35.1 Å². The number of benzene rings is 3. The van der Waals surface area contributed by atoms with Crippen molar-refractivity contribution in [2.24, 2.45) is 0 Å². The first-order chi connectivity index (χ1) is 18.6. The lowest BCUT2D eigenvalue weighted by molar-refractivity contribution is -0.138. The summed E-state index contributed by atoms with van der Waals surface area (Å²) in [6.45, 7) is 0.00651. The van der Waals surface area contributed by atoms with Crippen molar-refractivity contribution in [2.45, 2.75) is 43.3 Å². The third-order valence-electron chi connectivity index (χ3n) is 6.55. The van der Waals surface area contributed by atoms with Gasteiger partial charge in [0.05, 0.1) is 5.56 Å². The van der Waals surface area contributed by atoms with E-state index in [1.165, 1.54) is 24.3 Å². The van der Waals surface area contributed by atoms with Crippen molar-refractivity contribution < 1.29 is 35.5 Å². The Balaban J connectivity index is 1.23. The van der Waals surface area contributed by atoms with E-state index in [2.05, 4.69) is 5.32 Å². The zero-order valence-electron chi connectivity index (χ0n) is 20.6. The molecule has 0 radical (unpaired) electrons. The molecule has 3 aromatic carbocycles. The lowest BCUT2D eigenvalue weighted by atomic mass is 10.1. The molecule has 0 bridgehead atoms. The Bertz CT molecular complexity index is 1570. The van der Waals surface area contributed by atoms with Crippen LogP contribution in [0.2, 0.25) is 0 Å². The van der Waals surface area contributed by atoms with Gasteiger partial charge in [0.1, 0.15) is 24.0 Å². The second kappa shape index (κ2) is 10.7. The number of carbonyl (C=O) groups is 1. The number of rotatable bonds is 8. The summed E-state index contributed by atoms with van der Waals surface area (Å²) in [5.41, 5.74) is 0.345. The van der Waals surface area contributed by atoms with Crippen LogP contribution in [-0.2, 0) is 34.1 Å². The smallest absolute Gasteiger partial charge is 0.416 e. The number of halogens is 3. The minimum absolute atomic E-state index is 0.00990. The van der Waals surface area contributed by atoms with E-state index in [4.69, 9.17) is 9.15 Å². The van der Waals surface area contributed by atoms with E-state index >= 15 is 0 Å². The number of fused-ring (bicyclic) bond motifs is 1. The average molecular weight is 559 g/mol. The average Bonchev–Trinajstić information content (AvgIpc) is 3.59. The van der Waals surface area contributed by atoms with Crippen molar-refractivity contribution in [3.63, 3.8) is 0 Å². The fraction of sp³-hybridized carbons (Fsp3) is 0.250. The van der Waals surface area contributed by atoms with E-state index in [9.17, 15) is 26.4 Å². The number of hydrogen-bond acceptors (Lipinski definition) is 5. The SMILES string of the molecule is O=C(NCc1cccc(OCc2ccccc2C(F)(F)F)c1)[C@@H]1CCCN1S(=O)(=O)c1cc2ccccc2o1. The molecule has 5 rings (SSSR count). The molecule has 39 heavy (non-hydrogen) atoms. The Morgan fingerprint density at radius 2 is 1.79 bits per heavy atom. The van der Waals surface area contributed by atoms with Gasteiger partial charge in [-0.05, 0) is 42.7 Å². The summed E-state index contributed by atoms with van der Waals surface area (Å²) in [6.07, 6.45) is -3.59. The summed E-state index contributed by atoms with van der Waals surface area (Å²) < 4.78 is 78.6. The number of sulfonamides is 1. The van der Waals surface area contributed by atoms with Gasteiger partial charge in [-0.2, -0.15) is 17.5 Å². The first-order valence-corrected chi connectivity index (χ1v) is 13.7. The highest BCUT2D eigenvalue weighted by molar-refractivity contribution is 7.89. The molecule has 204 valence electrons. The Labute approximate surface area is 223 Å². The predicted molar refractivity (Wildman–Crippen MR) is 137 cm³/mol. The molecule has 4 aromatic rings. The quantitative estimate of drug-likeness (QED) is 0.309. The van der Waals surface area contributed by atoms with Gasteiger partial charge in [-0.15, -0.1) is 0 Å². The maximum absolute atomic E-state index is 13.3. The standard InChI is InChI=1S/C28H25F3N2O5S/c29-28(30,31)23-11-3-1-9-21(23)18-37-22-10-5-7-19(15-22)17-32-27(34)24-12-6-14-33(24)39(35,36)26-16-20-8-2-4-13-25(20)38-26/h1-5,7-11,13,15-16,24H,6,12,14,17-18H2,(H,32,34)/t24-/m0/s1. The minimum atomic E-state index is -4.49. The van der Waals surface area contributed by atoms with E-state index in [-0.39, 0.29) is 30.4 Å². The molecule has 0 saturated carbocycles. The van der Waals surface area contributed by atoms with Crippen molar-refractivity contribution in [3.05, 3.63) is 95.6 Å². The highest BCUT2D eigenvalue weighted by Gasteiger charge is 2.41. The van der Waals surface area contributed by atoms with Crippen molar-refractivity contribution in [3.8, 4) is 5.75 Å². The molecular weight excluding hydrogens is 533 g/mol. The molecule has 7 nitrogen and oxygen atoms in total. The number of alkyl halides is 3. The van der Waals surface area contributed by atoms with Crippen molar-refractivity contribution >= 4 is 26.9 Å². The molecule has 1 amide bonds. The maximum Gasteiger partial charge on any atom is 0.416 e. The van der Waals surface area contributed by atoms with Gasteiger partial charge in [0.2, 0.25) is 11.0 Å². The molecule has 1 aliphatic heterocycles. The number of hydrogen-bond donors (Lipinski definition) is 1. The highest BCUT2D eigenvalue weighted by Crippen LogP contribution is 2.33. The molecular formula is C28H25F3N2O5S. The minimum Gasteiger partial charge on any atom is -0.489 e. The third kappa shape index (κ3) is 5.79. The molecule has 0 spiro atoms. The van der Waals surface area contributed by atoms with Gasteiger partial charge in [0.15, 0.2) is 0 Å². The zero-order chi connectivity index (χ0) is 27.6. The Hall–Kier alpha value is -3.83. The van der Waals surface area contributed by atoms with Crippen molar-refractivity contribution in [2.75, 3.05) is 6.54 Å². The molecule has 1 N–H and O–H groups in total. The Kier molecular flexibility index (Phi) is 7.37. The topological polar surface area (TPSA) is 88.9 Å². The van der Waals surface area contributed by atoms with Gasteiger partial charge in [-0.3, -0.25) is 4.79 Å². The summed E-state index contributed by atoms with van der Waals surface area (Å²) in [5.74, 6) is -0.105. The van der Waals surface area contributed by atoms with Crippen LogP contribution < -0.4 is 10.1 Å². The number of furan rings is 1. The van der Waals surface area contributed by atoms with Crippen LogP contribution in [0.5, 0.6) is 5.75 Å². The molecule has 2 heterocycles. The summed E-state index contributed by atoms with van der Waals surface area (Å²) >= 11 is 0. The van der Waals surface area contributed by atoms with Crippen LogP contribution in [0.25, 0.3) is 11.0 Å². The number of carbonyl (C=O) groups excluding carboxylic acids is 1. The fourth-order valence-electron chi connectivity index (χ4n) is 4.63. The van der Waals surface area contributed by atoms with Crippen LogP contribution in [0.1, 0.15) is 29.5 Å². The van der Waals surface area contributed by atoms with Crippen LogP contribution in [0.3, 0.4) is 0 Å². The van der Waals surface area contributed by atoms with E-state index in [1.807, 2.05) is 0 Å². The summed E-state index contributed by atoms with van der Waals surface area (Å²) in [5, 5.41) is 3.22. The largest absolute Gasteiger partial charge is 0.489 e. The molecule has 1 fully saturated rings. The molecule has 0 aliphatic carbocycles. The first-order valence-electron chi connectivity index (χ1n) is 12.3.